The van der Waals surface area contributed by atoms with E-state index in [1.165, 1.54) is 19.3 Å². The van der Waals surface area contributed by atoms with Crippen molar-refractivity contribution in [1.29, 1.82) is 0 Å². The maximum absolute atomic E-state index is 4.08. The van der Waals surface area contributed by atoms with Gasteiger partial charge in [0.25, 0.3) is 0 Å². The Hall–Kier alpha value is -0.330. The van der Waals surface area contributed by atoms with E-state index in [2.05, 4.69) is 11.2 Å². The number of aliphatic imine (C=N–C) groups is 1. The molecule has 1 heteroatoms. The van der Waals surface area contributed by atoms with Gasteiger partial charge in [0, 0.05) is 12.5 Å². The van der Waals surface area contributed by atoms with E-state index in [9.17, 15) is 0 Å². The van der Waals surface area contributed by atoms with Gasteiger partial charge in [-0.2, -0.15) is 0 Å². The molecule has 0 aromatic rings. The summed E-state index contributed by atoms with van der Waals surface area (Å²) >= 11 is 0. The van der Waals surface area contributed by atoms with Gasteiger partial charge < -0.3 is 0 Å². The van der Waals surface area contributed by atoms with Crippen LogP contribution in [0.25, 0.3) is 0 Å². The summed E-state index contributed by atoms with van der Waals surface area (Å²) in [5, 5.41) is 0. The quantitative estimate of drug-likeness (QED) is 0.481. The Balaban J connectivity index is 1.95. The molecule has 0 amide bonds. The predicted molar refractivity (Wildman–Crippen MR) is 33.1 cm³/mol. The molecule has 0 saturated heterocycles. The average molecular weight is 108 g/mol. The van der Waals surface area contributed by atoms with Gasteiger partial charge in [0.15, 0.2) is 0 Å². The van der Waals surface area contributed by atoms with Crippen LogP contribution < -0.4 is 0 Å². The molecule has 1 unspecified atom stereocenters. The van der Waals surface area contributed by atoms with Crippen molar-refractivity contribution in [1.82, 2.24) is 0 Å². The van der Waals surface area contributed by atoms with E-state index in [0.29, 0.717) is 0 Å². The Bertz CT molecular complexity index is 114. The third kappa shape index (κ3) is 0.662. The van der Waals surface area contributed by atoms with Gasteiger partial charge in [-0.1, -0.05) is 0 Å². The predicted octanol–water partition coefficient (Wildman–Crippen LogP) is 1.36. The molecule has 1 aliphatic carbocycles. The molecule has 0 aromatic carbocycles. The van der Waals surface area contributed by atoms with Gasteiger partial charge >= 0.3 is 0 Å². The van der Waals surface area contributed by atoms with Gasteiger partial charge in [0.05, 0.1) is 6.21 Å². The Morgan fingerprint density at radius 1 is 1.25 bits per heavy atom. The normalized spacial score (nSPS) is 36.2. The van der Waals surface area contributed by atoms with Crippen molar-refractivity contribution >= 4 is 6.21 Å². The maximum atomic E-state index is 4.08. The molecule has 0 bridgehead atoms. The molecule has 0 aromatic heterocycles. The summed E-state index contributed by atoms with van der Waals surface area (Å²) in [6, 6.07) is 0. The Kier molecular flexibility index (Phi) is 0.893. The maximum Gasteiger partial charge on any atom is 0.0595 e. The second kappa shape index (κ2) is 1.57. The third-order valence-corrected chi connectivity index (χ3v) is 2.00. The molecule has 0 N–H and O–H groups in total. The van der Waals surface area contributed by atoms with Crippen molar-refractivity contribution in [3.63, 3.8) is 0 Å². The highest BCUT2D eigenvalue weighted by molar-refractivity contribution is 5.63. The topological polar surface area (TPSA) is 12.4 Å². The smallest absolute Gasteiger partial charge is 0.0595 e. The Labute approximate surface area is 49.8 Å². The highest BCUT2D eigenvalue weighted by Gasteiger charge is 2.31. The molecular weight excluding hydrogens is 98.1 g/mol. The fraction of sp³-hybridized carbons (Fsp3) is 0.857. The molecule has 1 heterocycles. The standard InChI is InChI=1S/C7H10N/c1-2-6(1)7-3-4-8-5-7/h6-7H,1-4H2. The second-order valence-electron chi connectivity index (χ2n) is 2.74. The van der Waals surface area contributed by atoms with Crippen LogP contribution in [0.1, 0.15) is 19.3 Å². The Morgan fingerprint density at radius 2 is 2.12 bits per heavy atom. The van der Waals surface area contributed by atoms with E-state index < -0.39 is 0 Å². The van der Waals surface area contributed by atoms with Crippen molar-refractivity contribution in [3.05, 3.63) is 0 Å². The summed E-state index contributed by atoms with van der Waals surface area (Å²) in [6.45, 7) is 1.04. The summed E-state index contributed by atoms with van der Waals surface area (Å²) in [4.78, 5) is 4.08. The summed E-state index contributed by atoms with van der Waals surface area (Å²) in [6.07, 6.45) is 7.30. The van der Waals surface area contributed by atoms with E-state index in [1.54, 1.807) is 0 Å². The van der Waals surface area contributed by atoms with Crippen LogP contribution in [0, 0.1) is 11.8 Å². The molecule has 1 atom stereocenters. The van der Waals surface area contributed by atoms with Gasteiger partial charge in [0.2, 0.25) is 0 Å². The van der Waals surface area contributed by atoms with E-state index in [0.717, 1.165) is 18.4 Å². The second-order valence-corrected chi connectivity index (χ2v) is 2.74. The molecule has 2 aliphatic rings. The SMILES string of the molecule is [C]1=NCCC1C1CC1. The summed E-state index contributed by atoms with van der Waals surface area (Å²) in [7, 11) is 0. The largest absolute Gasteiger partial charge is 0.288 e. The van der Waals surface area contributed by atoms with Crippen molar-refractivity contribution in [2.24, 2.45) is 16.8 Å². The number of rotatable bonds is 1. The van der Waals surface area contributed by atoms with Crippen LogP contribution in [0.3, 0.4) is 0 Å². The van der Waals surface area contributed by atoms with Crippen molar-refractivity contribution in [2.45, 2.75) is 19.3 Å². The first kappa shape index (κ1) is 4.54. The molecular formula is C7H10N. The summed E-state index contributed by atoms with van der Waals surface area (Å²) < 4.78 is 0. The Morgan fingerprint density at radius 3 is 2.62 bits per heavy atom. The summed E-state index contributed by atoms with van der Waals surface area (Å²) in [5.74, 6) is 1.75. The first-order chi connectivity index (χ1) is 3.97. The summed E-state index contributed by atoms with van der Waals surface area (Å²) in [5.41, 5.74) is 0. The molecule has 1 aliphatic heterocycles. The van der Waals surface area contributed by atoms with Crippen molar-refractivity contribution in [3.8, 4) is 0 Å². The molecule has 1 radical (unpaired) electrons. The lowest BCUT2D eigenvalue weighted by molar-refractivity contribution is 0.606. The zero-order valence-electron chi connectivity index (χ0n) is 4.93. The highest BCUT2D eigenvalue weighted by atomic mass is 14.7. The first-order valence-corrected chi connectivity index (χ1v) is 3.39. The van der Waals surface area contributed by atoms with E-state index in [-0.39, 0.29) is 0 Å². The lowest BCUT2D eigenvalue weighted by atomic mass is 10.0. The van der Waals surface area contributed by atoms with Gasteiger partial charge in [-0.05, 0) is 25.2 Å². The third-order valence-electron chi connectivity index (χ3n) is 2.00. The molecule has 1 saturated carbocycles. The number of hydrogen-bond acceptors (Lipinski definition) is 1. The zero-order valence-corrected chi connectivity index (χ0v) is 4.93. The highest BCUT2D eigenvalue weighted by Crippen LogP contribution is 2.38. The fourth-order valence-corrected chi connectivity index (χ4v) is 1.29. The van der Waals surface area contributed by atoms with Crippen LogP contribution in [-0.4, -0.2) is 12.8 Å². The van der Waals surface area contributed by atoms with Crippen LogP contribution in [0.5, 0.6) is 0 Å². The number of nitrogens with zero attached hydrogens (tertiary/aromatic N) is 1. The van der Waals surface area contributed by atoms with Crippen LogP contribution in [0.2, 0.25) is 0 Å². The zero-order chi connectivity index (χ0) is 5.40. The fourth-order valence-electron chi connectivity index (χ4n) is 1.29. The molecule has 2 rings (SSSR count). The first-order valence-electron chi connectivity index (χ1n) is 3.39. The minimum atomic E-state index is 0.759. The average Bonchev–Trinajstić information content (AvgIpc) is 2.49. The van der Waals surface area contributed by atoms with E-state index in [1.807, 2.05) is 0 Å². The van der Waals surface area contributed by atoms with Crippen LogP contribution in [-0.2, 0) is 0 Å². The van der Waals surface area contributed by atoms with Crippen LogP contribution in [0.15, 0.2) is 4.99 Å². The van der Waals surface area contributed by atoms with Gasteiger partial charge in [0.1, 0.15) is 0 Å². The van der Waals surface area contributed by atoms with Crippen molar-refractivity contribution < 1.29 is 0 Å². The van der Waals surface area contributed by atoms with E-state index >= 15 is 0 Å². The minimum Gasteiger partial charge on any atom is -0.288 e. The molecule has 1 fully saturated rings. The lowest BCUT2D eigenvalue weighted by Gasteiger charge is -1.97. The molecule has 8 heavy (non-hydrogen) atoms. The van der Waals surface area contributed by atoms with E-state index in [4.69, 9.17) is 0 Å². The molecule has 1 nitrogen and oxygen atoms in total. The van der Waals surface area contributed by atoms with Gasteiger partial charge in [-0.15, -0.1) is 0 Å². The van der Waals surface area contributed by atoms with Crippen LogP contribution >= 0.6 is 0 Å². The monoisotopic (exact) mass is 108 g/mol. The van der Waals surface area contributed by atoms with Gasteiger partial charge in [-0.25, -0.2) is 0 Å². The lowest BCUT2D eigenvalue weighted by Crippen LogP contribution is -1.98. The minimum absolute atomic E-state index is 0.759. The molecule has 43 valence electrons. The van der Waals surface area contributed by atoms with Crippen LogP contribution in [0.4, 0.5) is 0 Å². The van der Waals surface area contributed by atoms with Gasteiger partial charge in [-0.3, -0.25) is 4.99 Å². The number of hydrogen-bond donors (Lipinski definition) is 0. The van der Waals surface area contributed by atoms with Crippen molar-refractivity contribution in [2.75, 3.05) is 6.54 Å². The molecule has 0 spiro atoms.